The maximum atomic E-state index is 10.5. The van der Waals surface area contributed by atoms with Gasteiger partial charge in [0.25, 0.3) is 0 Å². The summed E-state index contributed by atoms with van der Waals surface area (Å²) in [6.45, 7) is 2.67. The molecule has 0 aliphatic carbocycles. The van der Waals surface area contributed by atoms with Crippen molar-refractivity contribution in [1.82, 2.24) is 9.78 Å². The van der Waals surface area contributed by atoms with Crippen molar-refractivity contribution in [2.45, 2.75) is 26.0 Å². The van der Waals surface area contributed by atoms with E-state index in [9.17, 15) is 4.79 Å². The van der Waals surface area contributed by atoms with E-state index in [0.29, 0.717) is 12.4 Å². The van der Waals surface area contributed by atoms with Crippen LogP contribution in [-0.4, -0.2) is 27.0 Å². The lowest BCUT2D eigenvalue weighted by atomic mass is 10.3. The molecular formula is C8H10N2O3. The SMILES string of the molecule is CCC1Cn2nc(C(=O)O)cc2O1. The minimum Gasteiger partial charge on any atom is -0.476 e. The van der Waals surface area contributed by atoms with Crippen LogP contribution in [0.25, 0.3) is 0 Å². The van der Waals surface area contributed by atoms with Gasteiger partial charge in [0.1, 0.15) is 6.10 Å². The van der Waals surface area contributed by atoms with Crippen LogP contribution in [0.4, 0.5) is 0 Å². The molecule has 1 aliphatic rings. The van der Waals surface area contributed by atoms with Crippen LogP contribution in [0.3, 0.4) is 0 Å². The highest BCUT2D eigenvalue weighted by atomic mass is 16.5. The van der Waals surface area contributed by atoms with Gasteiger partial charge in [-0.25, -0.2) is 9.48 Å². The van der Waals surface area contributed by atoms with Crippen molar-refractivity contribution < 1.29 is 14.6 Å². The quantitative estimate of drug-likeness (QED) is 0.733. The lowest BCUT2D eigenvalue weighted by Crippen LogP contribution is -2.13. The summed E-state index contributed by atoms with van der Waals surface area (Å²) in [7, 11) is 0. The molecule has 2 heterocycles. The molecule has 0 bridgehead atoms. The highest BCUT2D eigenvalue weighted by molar-refractivity contribution is 5.85. The van der Waals surface area contributed by atoms with Gasteiger partial charge in [0.15, 0.2) is 5.69 Å². The van der Waals surface area contributed by atoms with E-state index in [2.05, 4.69) is 5.10 Å². The van der Waals surface area contributed by atoms with Gasteiger partial charge in [0.2, 0.25) is 5.88 Å². The Bertz CT molecular complexity index is 322. The van der Waals surface area contributed by atoms with Crippen molar-refractivity contribution in [2.24, 2.45) is 0 Å². The zero-order valence-electron chi connectivity index (χ0n) is 7.23. The number of hydrogen-bond acceptors (Lipinski definition) is 3. The van der Waals surface area contributed by atoms with Crippen molar-refractivity contribution in [3.8, 4) is 5.88 Å². The third kappa shape index (κ3) is 1.26. The van der Waals surface area contributed by atoms with Gasteiger partial charge in [0, 0.05) is 6.07 Å². The fraction of sp³-hybridized carbons (Fsp3) is 0.500. The van der Waals surface area contributed by atoms with Crippen molar-refractivity contribution in [3.63, 3.8) is 0 Å². The van der Waals surface area contributed by atoms with Crippen molar-refractivity contribution >= 4 is 5.97 Å². The molecule has 0 radical (unpaired) electrons. The van der Waals surface area contributed by atoms with E-state index in [1.807, 2.05) is 6.92 Å². The molecule has 1 aromatic heterocycles. The molecule has 13 heavy (non-hydrogen) atoms. The predicted molar refractivity (Wildman–Crippen MR) is 43.9 cm³/mol. The molecule has 0 fully saturated rings. The number of carbonyl (C=O) groups is 1. The van der Waals surface area contributed by atoms with Gasteiger partial charge in [-0.2, -0.15) is 5.10 Å². The van der Waals surface area contributed by atoms with Crippen molar-refractivity contribution in [1.29, 1.82) is 0 Å². The van der Waals surface area contributed by atoms with Crippen LogP contribution in [0.2, 0.25) is 0 Å². The number of aromatic carboxylic acids is 1. The Balaban J connectivity index is 2.23. The summed E-state index contributed by atoms with van der Waals surface area (Å²) in [5.74, 6) is -0.456. The molecule has 0 saturated carbocycles. The van der Waals surface area contributed by atoms with Crippen molar-refractivity contribution in [2.75, 3.05) is 0 Å². The Labute approximate surface area is 74.9 Å². The molecular weight excluding hydrogens is 172 g/mol. The zero-order chi connectivity index (χ0) is 9.42. The third-order valence-electron chi connectivity index (χ3n) is 2.08. The van der Waals surface area contributed by atoms with Crippen LogP contribution in [0.15, 0.2) is 6.07 Å². The summed E-state index contributed by atoms with van der Waals surface area (Å²) in [6.07, 6.45) is 1.05. The largest absolute Gasteiger partial charge is 0.476 e. The maximum absolute atomic E-state index is 10.5. The van der Waals surface area contributed by atoms with E-state index in [1.165, 1.54) is 6.07 Å². The third-order valence-corrected chi connectivity index (χ3v) is 2.08. The molecule has 2 rings (SSSR count). The van der Waals surface area contributed by atoms with Crippen LogP contribution in [0, 0.1) is 0 Å². The number of hydrogen-bond donors (Lipinski definition) is 1. The molecule has 0 aromatic carbocycles. The normalized spacial score (nSPS) is 19.6. The minimum absolute atomic E-state index is 0.0459. The average molecular weight is 182 g/mol. The van der Waals surface area contributed by atoms with E-state index in [-0.39, 0.29) is 11.8 Å². The topological polar surface area (TPSA) is 64.4 Å². The molecule has 0 amide bonds. The standard InChI is InChI=1S/C8H10N2O3/c1-2-5-4-10-7(13-5)3-6(9-10)8(11)12/h3,5H,2,4H2,1H3,(H,11,12). The maximum Gasteiger partial charge on any atom is 0.356 e. The summed E-state index contributed by atoms with van der Waals surface area (Å²) in [6, 6.07) is 1.46. The number of carboxylic acid groups (broad SMARTS) is 1. The zero-order valence-corrected chi connectivity index (χ0v) is 7.23. The molecule has 0 spiro atoms. The van der Waals surface area contributed by atoms with E-state index in [1.54, 1.807) is 4.68 Å². The van der Waals surface area contributed by atoms with Crippen LogP contribution < -0.4 is 4.74 Å². The fourth-order valence-electron chi connectivity index (χ4n) is 1.34. The summed E-state index contributed by atoms with van der Waals surface area (Å²) in [5, 5.41) is 12.5. The van der Waals surface area contributed by atoms with Crippen LogP contribution in [0.5, 0.6) is 5.88 Å². The summed E-state index contributed by atoms with van der Waals surface area (Å²) in [5.41, 5.74) is 0.0459. The van der Waals surface area contributed by atoms with E-state index < -0.39 is 5.97 Å². The first kappa shape index (κ1) is 8.10. The molecule has 0 saturated heterocycles. The van der Waals surface area contributed by atoms with E-state index >= 15 is 0 Å². The first-order valence-corrected chi connectivity index (χ1v) is 4.18. The summed E-state index contributed by atoms with van der Waals surface area (Å²) in [4.78, 5) is 10.5. The molecule has 1 unspecified atom stereocenters. The molecule has 5 heteroatoms. The van der Waals surface area contributed by atoms with Crippen LogP contribution >= 0.6 is 0 Å². The van der Waals surface area contributed by atoms with Gasteiger partial charge in [-0.3, -0.25) is 0 Å². The molecule has 1 N–H and O–H groups in total. The first-order valence-electron chi connectivity index (χ1n) is 4.18. The Morgan fingerprint density at radius 1 is 1.92 bits per heavy atom. The van der Waals surface area contributed by atoms with Crippen LogP contribution in [-0.2, 0) is 6.54 Å². The number of rotatable bonds is 2. The first-order chi connectivity index (χ1) is 6.20. The summed E-state index contributed by atoms with van der Waals surface area (Å²) < 4.78 is 7.02. The smallest absolute Gasteiger partial charge is 0.356 e. The van der Waals surface area contributed by atoms with Gasteiger partial charge in [-0.15, -0.1) is 0 Å². The second-order valence-electron chi connectivity index (χ2n) is 3.00. The number of ether oxygens (including phenoxy) is 1. The van der Waals surface area contributed by atoms with Gasteiger partial charge in [0.05, 0.1) is 6.54 Å². The number of aromatic nitrogens is 2. The molecule has 1 aliphatic heterocycles. The molecule has 1 atom stereocenters. The Hall–Kier alpha value is -1.52. The lowest BCUT2D eigenvalue weighted by molar-refractivity contribution is 0.0688. The van der Waals surface area contributed by atoms with E-state index in [4.69, 9.17) is 9.84 Å². The van der Waals surface area contributed by atoms with Crippen LogP contribution in [0.1, 0.15) is 23.8 Å². The highest BCUT2D eigenvalue weighted by Crippen LogP contribution is 2.23. The number of nitrogens with zero attached hydrogens (tertiary/aromatic N) is 2. The van der Waals surface area contributed by atoms with E-state index in [0.717, 1.165) is 6.42 Å². The Morgan fingerprint density at radius 3 is 3.23 bits per heavy atom. The second-order valence-corrected chi connectivity index (χ2v) is 3.00. The van der Waals surface area contributed by atoms with Gasteiger partial charge < -0.3 is 9.84 Å². The molecule has 5 nitrogen and oxygen atoms in total. The van der Waals surface area contributed by atoms with Gasteiger partial charge in [-0.1, -0.05) is 6.92 Å². The van der Waals surface area contributed by atoms with Gasteiger partial charge >= 0.3 is 5.97 Å². The highest BCUT2D eigenvalue weighted by Gasteiger charge is 2.24. The Kier molecular flexibility index (Phi) is 1.72. The minimum atomic E-state index is -1.02. The lowest BCUT2D eigenvalue weighted by Gasteiger charge is -2.03. The summed E-state index contributed by atoms with van der Waals surface area (Å²) >= 11 is 0. The predicted octanol–water partition coefficient (Wildman–Crippen LogP) is 0.752. The molecule has 1 aromatic rings. The van der Waals surface area contributed by atoms with Gasteiger partial charge in [-0.05, 0) is 6.42 Å². The number of fused-ring (bicyclic) bond motifs is 1. The Morgan fingerprint density at radius 2 is 2.69 bits per heavy atom. The second kappa shape index (κ2) is 2.76. The molecule has 70 valence electrons. The van der Waals surface area contributed by atoms with Crippen molar-refractivity contribution in [3.05, 3.63) is 11.8 Å². The number of carboxylic acids is 1. The fourth-order valence-corrected chi connectivity index (χ4v) is 1.34. The average Bonchev–Trinajstić information content (AvgIpc) is 2.58. The monoisotopic (exact) mass is 182 g/mol.